The molecule has 0 bridgehead atoms. The van der Waals surface area contributed by atoms with Crippen LogP contribution in [-0.2, 0) is 0 Å². The van der Waals surface area contributed by atoms with E-state index < -0.39 is 6.10 Å². The zero-order chi connectivity index (χ0) is 22.1. The second-order valence-electron chi connectivity index (χ2n) is 8.14. The van der Waals surface area contributed by atoms with Gasteiger partial charge >= 0.3 is 0 Å². The van der Waals surface area contributed by atoms with Crippen molar-refractivity contribution in [2.24, 2.45) is 0 Å². The number of amides is 2. The lowest BCUT2D eigenvalue weighted by molar-refractivity contribution is 0.0376. The first-order valence-electron chi connectivity index (χ1n) is 10.4. The van der Waals surface area contributed by atoms with Gasteiger partial charge in [0.15, 0.2) is 0 Å². The van der Waals surface area contributed by atoms with Crippen LogP contribution < -0.4 is 0 Å². The molecule has 4 rings (SSSR count). The minimum absolute atomic E-state index is 0.0156. The average molecular weight is 462 g/mol. The van der Waals surface area contributed by atoms with Gasteiger partial charge in [0.25, 0.3) is 11.8 Å². The van der Waals surface area contributed by atoms with Crippen molar-refractivity contribution in [1.82, 2.24) is 14.7 Å². The summed E-state index contributed by atoms with van der Waals surface area (Å²) in [7, 11) is 0. The van der Waals surface area contributed by atoms with Crippen molar-refractivity contribution in [2.45, 2.75) is 19.1 Å². The molecule has 31 heavy (non-hydrogen) atoms. The Morgan fingerprint density at radius 3 is 2.13 bits per heavy atom. The monoisotopic (exact) mass is 461 g/mol. The zero-order valence-corrected chi connectivity index (χ0v) is 18.8. The molecule has 6 nitrogen and oxygen atoms in total. The van der Waals surface area contributed by atoms with Gasteiger partial charge < -0.3 is 14.9 Å². The summed E-state index contributed by atoms with van der Waals surface area (Å²) in [5, 5.41) is 11.9. The Morgan fingerprint density at radius 2 is 1.48 bits per heavy atom. The first-order valence-corrected chi connectivity index (χ1v) is 11.1. The van der Waals surface area contributed by atoms with Gasteiger partial charge in [-0.1, -0.05) is 23.2 Å². The highest BCUT2D eigenvalue weighted by Gasteiger charge is 2.39. The lowest BCUT2D eigenvalue weighted by Crippen LogP contribution is -2.54. The standard InChI is InChI=1S/C23H25Cl2N3O3/c1-15-12-17(4-7-19(15)25)23(31)28-13-20(21(29)14-28)26-8-10-27(11-9-26)22(30)16-2-5-18(24)6-3-16/h2-7,12,20-21,29H,8-11,13-14H2,1H3/t20-,21-/m1/s1. The molecule has 0 aromatic heterocycles. The maximum Gasteiger partial charge on any atom is 0.254 e. The van der Waals surface area contributed by atoms with E-state index in [1.165, 1.54) is 0 Å². The molecule has 2 aliphatic rings. The van der Waals surface area contributed by atoms with E-state index in [2.05, 4.69) is 4.90 Å². The van der Waals surface area contributed by atoms with E-state index in [4.69, 9.17) is 23.2 Å². The Hall–Kier alpha value is -2.12. The Kier molecular flexibility index (Phi) is 6.53. The van der Waals surface area contributed by atoms with Crippen LogP contribution in [0.5, 0.6) is 0 Å². The third kappa shape index (κ3) is 4.72. The van der Waals surface area contributed by atoms with Gasteiger partial charge in [-0.2, -0.15) is 0 Å². The van der Waals surface area contributed by atoms with Gasteiger partial charge in [-0.05, 0) is 55.0 Å². The predicted molar refractivity (Wildman–Crippen MR) is 121 cm³/mol. The Morgan fingerprint density at radius 1 is 0.871 bits per heavy atom. The van der Waals surface area contributed by atoms with Crippen molar-refractivity contribution in [3.05, 3.63) is 69.2 Å². The van der Waals surface area contributed by atoms with E-state index in [0.29, 0.717) is 60.4 Å². The summed E-state index contributed by atoms with van der Waals surface area (Å²) in [6.07, 6.45) is -0.615. The van der Waals surface area contributed by atoms with Crippen LogP contribution in [0.3, 0.4) is 0 Å². The number of β-amino-alcohol motifs (C(OH)–C–C–N with tert-alkyl or cyclic N) is 1. The molecule has 2 heterocycles. The summed E-state index contributed by atoms with van der Waals surface area (Å²) in [5.41, 5.74) is 2.05. The van der Waals surface area contributed by atoms with Crippen LogP contribution >= 0.6 is 23.2 Å². The summed E-state index contributed by atoms with van der Waals surface area (Å²) in [5.74, 6) is -0.115. The maximum atomic E-state index is 12.9. The molecule has 0 aliphatic carbocycles. The summed E-state index contributed by atoms with van der Waals surface area (Å²) < 4.78 is 0. The number of likely N-dealkylation sites (tertiary alicyclic amines) is 1. The molecular weight excluding hydrogens is 437 g/mol. The van der Waals surface area contributed by atoms with Gasteiger partial charge in [0.1, 0.15) is 0 Å². The Bertz CT molecular complexity index is 975. The van der Waals surface area contributed by atoms with Gasteiger partial charge in [-0.25, -0.2) is 0 Å². The molecule has 2 amide bonds. The largest absolute Gasteiger partial charge is 0.390 e. The number of hydrogen-bond acceptors (Lipinski definition) is 4. The predicted octanol–water partition coefficient (Wildman–Crippen LogP) is 2.95. The smallest absolute Gasteiger partial charge is 0.254 e. The third-order valence-electron chi connectivity index (χ3n) is 6.11. The molecule has 164 valence electrons. The molecule has 2 aliphatic heterocycles. The normalized spacial score (nSPS) is 22.1. The number of aliphatic hydroxyl groups is 1. The molecule has 1 N–H and O–H groups in total. The van der Waals surface area contributed by atoms with Crippen molar-refractivity contribution in [3.8, 4) is 0 Å². The number of carbonyl (C=O) groups excluding carboxylic acids is 2. The molecule has 0 radical (unpaired) electrons. The SMILES string of the molecule is Cc1cc(C(=O)N2C[C@@H](O)[C@H](N3CCN(C(=O)c4ccc(Cl)cc4)CC3)C2)ccc1Cl. The van der Waals surface area contributed by atoms with E-state index in [-0.39, 0.29) is 17.9 Å². The second kappa shape index (κ2) is 9.17. The molecule has 2 aromatic carbocycles. The van der Waals surface area contributed by atoms with E-state index in [9.17, 15) is 14.7 Å². The van der Waals surface area contributed by atoms with Crippen LogP contribution in [0.25, 0.3) is 0 Å². The molecule has 2 fully saturated rings. The van der Waals surface area contributed by atoms with Crippen LogP contribution in [0.15, 0.2) is 42.5 Å². The molecular formula is C23H25Cl2N3O3. The van der Waals surface area contributed by atoms with Crippen molar-refractivity contribution in [1.29, 1.82) is 0 Å². The number of aliphatic hydroxyl groups excluding tert-OH is 1. The van der Waals surface area contributed by atoms with Crippen molar-refractivity contribution in [2.75, 3.05) is 39.3 Å². The van der Waals surface area contributed by atoms with Crippen LogP contribution in [0.1, 0.15) is 26.3 Å². The van der Waals surface area contributed by atoms with Gasteiger partial charge in [-0.15, -0.1) is 0 Å². The zero-order valence-electron chi connectivity index (χ0n) is 17.3. The molecule has 0 saturated carbocycles. The van der Waals surface area contributed by atoms with Crippen molar-refractivity contribution >= 4 is 35.0 Å². The van der Waals surface area contributed by atoms with Crippen LogP contribution in [-0.4, -0.2) is 83.0 Å². The van der Waals surface area contributed by atoms with E-state index in [1.807, 2.05) is 11.8 Å². The minimum Gasteiger partial charge on any atom is -0.390 e. The molecule has 2 atom stereocenters. The van der Waals surface area contributed by atoms with E-state index in [0.717, 1.165) is 5.56 Å². The number of piperazine rings is 1. The third-order valence-corrected chi connectivity index (χ3v) is 6.79. The van der Waals surface area contributed by atoms with Crippen molar-refractivity contribution in [3.63, 3.8) is 0 Å². The van der Waals surface area contributed by atoms with Gasteiger partial charge in [-0.3, -0.25) is 14.5 Å². The summed E-state index contributed by atoms with van der Waals surface area (Å²) in [6.45, 7) is 5.10. The van der Waals surface area contributed by atoms with Gasteiger partial charge in [0.05, 0.1) is 12.1 Å². The van der Waals surface area contributed by atoms with Crippen molar-refractivity contribution < 1.29 is 14.7 Å². The fourth-order valence-electron chi connectivity index (χ4n) is 4.29. The second-order valence-corrected chi connectivity index (χ2v) is 8.99. The highest BCUT2D eigenvalue weighted by Crippen LogP contribution is 2.23. The van der Waals surface area contributed by atoms with E-state index >= 15 is 0 Å². The van der Waals surface area contributed by atoms with Gasteiger partial charge in [0.2, 0.25) is 0 Å². The highest BCUT2D eigenvalue weighted by molar-refractivity contribution is 6.31. The topological polar surface area (TPSA) is 64.1 Å². The lowest BCUT2D eigenvalue weighted by atomic mass is 10.1. The molecule has 0 spiro atoms. The number of hydrogen-bond donors (Lipinski definition) is 1. The number of carbonyl (C=O) groups is 2. The Balaban J connectivity index is 1.35. The summed E-state index contributed by atoms with van der Waals surface area (Å²) in [6, 6.07) is 12.0. The minimum atomic E-state index is -0.615. The fourth-order valence-corrected chi connectivity index (χ4v) is 4.53. The molecule has 2 saturated heterocycles. The first-order chi connectivity index (χ1) is 14.8. The highest BCUT2D eigenvalue weighted by atomic mass is 35.5. The number of nitrogens with zero attached hydrogens (tertiary/aromatic N) is 3. The molecule has 8 heteroatoms. The molecule has 0 unspecified atom stereocenters. The average Bonchev–Trinajstić information content (AvgIpc) is 3.17. The van der Waals surface area contributed by atoms with Gasteiger partial charge in [0, 0.05) is 60.4 Å². The van der Waals surface area contributed by atoms with Crippen LogP contribution in [0.2, 0.25) is 10.0 Å². The Labute approximate surface area is 191 Å². The quantitative estimate of drug-likeness (QED) is 0.762. The lowest BCUT2D eigenvalue weighted by Gasteiger charge is -2.38. The number of benzene rings is 2. The number of halogens is 2. The fraction of sp³-hybridized carbons (Fsp3) is 0.391. The van der Waals surface area contributed by atoms with Crippen LogP contribution in [0.4, 0.5) is 0 Å². The summed E-state index contributed by atoms with van der Waals surface area (Å²) in [4.78, 5) is 31.3. The van der Waals surface area contributed by atoms with Crippen LogP contribution in [0, 0.1) is 6.92 Å². The number of rotatable bonds is 3. The summed E-state index contributed by atoms with van der Waals surface area (Å²) >= 11 is 12.0. The maximum absolute atomic E-state index is 12.9. The first kappa shape index (κ1) is 22.1. The van der Waals surface area contributed by atoms with E-state index in [1.54, 1.807) is 47.4 Å². The molecule has 2 aromatic rings. The number of aryl methyl sites for hydroxylation is 1.